The predicted molar refractivity (Wildman–Crippen MR) is 95.6 cm³/mol. The van der Waals surface area contributed by atoms with Crippen molar-refractivity contribution in [1.29, 1.82) is 5.41 Å². The van der Waals surface area contributed by atoms with Crippen LogP contribution in [0, 0.1) is 5.41 Å². The highest BCUT2D eigenvalue weighted by Gasteiger charge is 2.26. The van der Waals surface area contributed by atoms with Crippen LogP contribution in [0.4, 0.5) is 11.4 Å². The SMILES string of the molecule is N=C(N)NCCCC(C(=O)O)N(c1ccccc1)c1ccccc1. The van der Waals surface area contributed by atoms with Gasteiger partial charge in [-0.15, -0.1) is 0 Å². The van der Waals surface area contributed by atoms with Crippen molar-refractivity contribution < 1.29 is 9.90 Å². The number of guanidine groups is 1. The molecule has 0 aliphatic carbocycles. The zero-order chi connectivity index (χ0) is 17.4. The summed E-state index contributed by atoms with van der Waals surface area (Å²) in [5.41, 5.74) is 6.92. The monoisotopic (exact) mass is 326 g/mol. The summed E-state index contributed by atoms with van der Waals surface area (Å²) in [7, 11) is 0. The summed E-state index contributed by atoms with van der Waals surface area (Å²) in [6, 6.07) is 18.3. The van der Waals surface area contributed by atoms with Gasteiger partial charge in [0.25, 0.3) is 0 Å². The van der Waals surface area contributed by atoms with Crippen LogP contribution in [0.1, 0.15) is 12.8 Å². The molecule has 126 valence electrons. The lowest BCUT2D eigenvalue weighted by Gasteiger charge is -2.31. The normalized spacial score (nSPS) is 11.5. The Morgan fingerprint density at radius 2 is 1.58 bits per heavy atom. The summed E-state index contributed by atoms with van der Waals surface area (Å²) in [4.78, 5) is 13.7. The molecule has 0 heterocycles. The maximum Gasteiger partial charge on any atom is 0.326 e. The molecule has 2 aromatic rings. The standard InChI is InChI=1S/C18H22N4O2/c19-18(20)21-13-7-12-16(17(23)24)22(14-8-3-1-4-9-14)15-10-5-2-6-11-15/h1-6,8-11,16H,7,12-13H2,(H,23,24)(H4,19,20,21). The minimum atomic E-state index is -0.884. The largest absolute Gasteiger partial charge is 0.480 e. The highest BCUT2D eigenvalue weighted by Crippen LogP contribution is 2.29. The lowest BCUT2D eigenvalue weighted by Crippen LogP contribution is -2.39. The molecule has 0 aliphatic heterocycles. The highest BCUT2D eigenvalue weighted by atomic mass is 16.4. The third-order valence-electron chi connectivity index (χ3n) is 3.64. The Balaban J connectivity index is 2.25. The summed E-state index contributed by atoms with van der Waals surface area (Å²) in [6.45, 7) is 0.469. The maximum absolute atomic E-state index is 11.9. The van der Waals surface area contributed by atoms with Crippen molar-refractivity contribution in [3.63, 3.8) is 0 Å². The van der Waals surface area contributed by atoms with E-state index in [-0.39, 0.29) is 5.96 Å². The number of rotatable bonds is 8. The van der Waals surface area contributed by atoms with E-state index in [1.54, 1.807) is 0 Å². The van der Waals surface area contributed by atoms with E-state index >= 15 is 0 Å². The molecule has 5 N–H and O–H groups in total. The van der Waals surface area contributed by atoms with E-state index < -0.39 is 12.0 Å². The van der Waals surface area contributed by atoms with Crippen molar-refractivity contribution in [1.82, 2.24) is 5.32 Å². The second-order valence-corrected chi connectivity index (χ2v) is 5.38. The second kappa shape index (κ2) is 8.57. The van der Waals surface area contributed by atoms with Crippen molar-refractivity contribution in [2.24, 2.45) is 5.73 Å². The predicted octanol–water partition coefficient (Wildman–Crippen LogP) is 2.54. The number of nitrogens with one attached hydrogen (secondary N) is 2. The Hall–Kier alpha value is -3.02. The first-order chi connectivity index (χ1) is 11.6. The minimum absolute atomic E-state index is 0.107. The number of anilines is 2. The first-order valence-electron chi connectivity index (χ1n) is 7.79. The van der Waals surface area contributed by atoms with E-state index in [1.807, 2.05) is 65.6 Å². The van der Waals surface area contributed by atoms with Crippen LogP contribution in [0.2, 0.25) is 0 Å². The second-order valence-electron chi connectivity index (χ2n) is 5.38. The molecule has 0 radical (unpaired) electrons. The molecular formula is C18H22N4O2. The number of carboxylic acids is 1. The summed E-state index contributed by atoms with van der Waals surface area (Å²) in [5.74, 6) is -0.990. The Bertz CT molecular complexity index is 622. The Kier molecular flexibility index (Phi) is 6.19. The Morgan fingerprint density at radius 1 is 1.08 bits per heavy atom. The van der Waals surface area contributed by atoms with Gasteiger partial charge in [-0.25, -0.2) is 4.79 Å². The fraction of sp³-hybridized carbons (Fsp3) is 0.222. The first-order valence-corrected chi connectivity index (χ1v) is 7.79. The Morgan fingerprint density at radius 3 is 2.00 bits per heavy atom. The molecule has 0 spiro atoms. The summed E-state index contributed by atoms with van der Waals surface area (Å²) in [5, 5.41) is 19.6. The van der Waals surface area contributed by atoms with Gasteiger partial charge in [0.1, 0.15) is 6.04 Å². The van der Waals surface area contributed by atoms with Crippen LogP contribution in [0.15, 0.2) is 60.7 Å². The number of hydrogen-bond acceptors (Lipinski definition) is 3. The van der Waals surface area contributed by atoms with Crippen LogP contribution in [-0.4, -0.2) is 29.6 Å². The van der Waals surface area contributed by atoms with E-state index in [0.717, 1.165) is 11.4 Å². The van der Waals surface area contributed by atoms with E-state index in [1.165, 1.54) is 0 Å². The topological polar surface area (TPSA) is 102 Å². The van der Waals surface area contributed by atoms with Gasteiger partial charge < -0.3 is 21.1 Å². The number of carbonyl (C=O) groups is 1. The molecule has 0 fully saturated rings. The van der Waals surface area contributed by atoms with E-state index in [9.17, 15) is 9.90 Å². The quantitative estimate of drug-likeness (QED) is 0.339. The van der Waals surface area contributed by atoms with Gasteiger partial charge in [0, 0.05) is 17.9 Å². The summed E-state index contributed by atoms with van der Waals surface area (Å²) < 4.78 is 0. The van der Waals surface area contributed by atoms with Crippen molar-refractivity contribution in [2.45, 2.75) is 18.9 Å². The average Bonchev–Trinajstić information content (AvgIpc) is 2.58. The van der Waals surface area contributed by atoms with E-state index in [0.29, 0.717) is 19.4 Å². The van der Waals surface area contributed by atoms with Crippen LogP contribution in [-0.2, 0) is 4.79 Å². The zero-order valence-corrected chi connectivity index (χ0v) is 13.4. The maximum atomic E-state index is 11.9. The van der Waals surface area contributed by atoms with Crippen LogP contribution in [0.5, 0.6) is 0 Å². The van der Waals surface area contributed by atoms with Crippen molar-refractivity contribution >= 4 is 23.3 Å². The van der Waals surface area contributed by atoms with Crippen molar-refractivity contribution in [3.05, 3.63) is 60.7 Å². The molecule has 1 atom stereocenters. The van der Waals surface area contributed by atoms with Gasteiger partial charge in [-0.1, -0.05) is 36.4 Å². The fourth-order valence-corrected chi connectivity index (χ4v) is 2.57. The molecule has 24 heavy (non-hydrogen) atoms. The molecule has 2 aromatic carbocycles. The number of carboxylic acid groups (broad SMARTS) is 1. The molecule has 0 aromatic heterocycles. The van der Waals surface area contributed by atoms with Gasteiger partial charge in [-0.05, 0) is 37.1 Å². The van der Waals surface area contributed by atoms with E-state index in [4.69, 9.17) is 11.1 Å². The van der Waals surface area contributed by atoms with Crippen molar-refractivity contribution in [2.75, 3.05) is 11.4 Å². The zero-order valence-electron chi connectivity index (χ0n) is 13.4. The molecule has 0 saturated carbocycles. The lowest BCUT2D eigenvalue weighted by atomic mass is 10.1. The summed E-state index contributed by atoms with van der Waals surface area (Å²) >= 11 is 0. The van der Waals surface area contributed by atoms with Crippen LogP contribution >= 0.6 is 0 Å². The van der Waals surface area contributed by atoms with Gasteiger partial charge in [0.05, 0.1) is 0 Å². The average molecular weight is 326 g/mol. The van der Waals surface area contributed by atoms with Gasteiger partial charge in [0.2, 0.25) is 0 Å². The van der Waals surface area contributed by atoms with Crippen molar-refractivity contribution in [3.8, 4) is 0 Å². The van der Waals surface area contributed by atoms with Gasteiger partial charge in [-0.3, -0.25) is 5.41 Å². The minimum Gasteiger partial charge on any atom is -0.480 e. The number of aliphatic carboxylic acids is 1. The van der Waals surface area contributed by atoms with Gasteiger partial charge in [-0.2, -0.15) is 0 Å². The Labute approximate surface area is 141 Å². The number of para-hydroxylation sites is 2. The lowest BCUT2D eigenvalue weighted by molar-refractivity contribution is -0.138. The van der Waals surface area contributed by atoms with Crippen LogP contribution in [0.3, 0.4) is 0 Å². The third-order valence-corrected chi connectivity index (χ3v) is 3.64. The van der Waals surface area contributed by atoms with Crippen LogP contribution < -0.4 is 16.0 Å². The number of hydrogen-bond donors (Lipinski definition) is 4. The fourth-order valence-electron chi connectivity index (χ4n) is 2.57. The van der Waals surface area contributed by atoms with E-state index in [2.05, 4.69) is 5.32 Å². The highest BCUT2D eigenvalue weighted by molar-refractivity contribution is 5.82. The number of benzene rings is 2. The number of nitrogens with zero attached hydrogens (tertiary/aromatic N) is 1. The summed E-state index contributed by atoms with van der Waals surface area (Å²) in [6.07, 6.45) is 1.02. The third kappa shape index (κ3) is 4.74. The molecule has 0 aliphatic rings. The van der Waals surface area contributed by atoms with Gasteiger partial charge >= 0.3 is 5.97 Å². The smallest absolute Gasteiger partial charge is 0.326 e. The van der Waals surface area contributed by atoms with Crippen LogP contribution in [0.25, 0.3) is 0 Å². The molecular weight excluding hydrogens is 304 g/mol. The first kappa shape index (κ1) is 17.3. The molecule has 6 heteroatoms. The molecule has 0 amide bonds. The number of nitrogens with two attached hydrogens (primary N) is 1. The molecule has 6 nitrogen and oxygen atoms in total. The molecule has 1 unspecified atom stereocenters. The molecule has 0 saturated heterocycles. The van der Waals surface area contributed by atoms with Gasteiger partial charge in [0.15, 0.2) is 5.96 Å². The molecule has 2 rings (SSSR count). The molecule has 0 bridgehead atoms.